The van der Waals surface area contributed by atoms with E-state index in [0.29, 0.717) is 12.0 Å². The van der Waals surface area contributed by atoms with Crippen LogP contribution in [0.15, 0.2) is 17.0 Å². The van der Waals surface area contributed by atoms with Gasteiger partial charge in [0.25, 0.3) is 0 Å². The first-order valence-electron chi connectivity index (χ1n) is 8.10. The smallest absolute Gasteiger partial charge is 0.327 e. The molecular weight excluding hydrogens is 367 g/mol. The van der Waals surface area contributed by atoms with Crippen molar-refractivity contribution in [3.63, 3.8) is 0 Å². The molecule has 8 nitrogen and oxygen atoms in total. The van der Waals surface area contributed by atoms with Crippen LogP contribution in [0.1, 0.15) is 24.8 Å². The first-order chi connectivity index (χ1) is 12.2. The van der Waals surface area contributed by atoms with E-state index in [0.717, 1.165) is 10.4 Å². The number of carboxylic acid groups (broad SMARTS) is 1. The van der Waals surface area contributed by atoms with Crippen molar-refractivity contribution in [3.05, 3.63) is 23.5 Å². The van der Waals surface area contributed by atoms with Crippen molar-refractivity contribution >= 4 is 27.6 Å². The van der Waals surface area contributed by atoms with Gasteiger partial charge in [-0.15, -0.1) is 0 Å². The number of carbonyl (C=O) groups is 2. The number of rotatable bonds is 5. The largest absolute Gasteiger partial charge is 0.480 e. The van der Waals surface area contributed by atoms with Crippen LogP contribution in [-0.4, -0.2) is 55.5 Å². The molecular formula is C16H19FN2O6S. The maximum absolute atomic E-state index is 14.6. The molecule has 2 N–H and O–H groups in total. The van der Waals surface area contributed by atoms with E-state index in [2.05, 4.69) is 5.32 Å². The number of fused-ring (bicyclic) bond motifs is 1. The molecule has 3 rings (SSSR count). The molecule has 0 saturated carbocycles. The monoisotopic (exact) mass is 386 g/mol. The van der Waals surface area contributed by atoms with Gasteiger partial charge < -0.3 is 15.2 Å². The fraction of sp³-hybridized carbons (Fsp3) is 0.500. The normalized spacial score (nSPS) is 23.5. The van der Waals surface area contributed by atoms with Gasteiger partial charge in [-0.3, -0.25) is 9.59 Å². The minimum atomic E-state index is -4.41. The van der Waals surface area contributed by atoms with Gasteiger partial charge in [0.1, 0.15) is 10.7 Å². The predicted octanol–water partition coefficient (Wildman–Crippen LogP) is 0.965. The van der Waals surface area contributed by atoms with Crippen LogP contribution in [0.5, 0.6) is 0 Å². The Morgan fingerprint density at radius 1 is 1.42 bits per heavy atom. The Labute approximate surface area is 150 Å². The van der Waals surface area contributed by atoms with Gasteiger partial charge in [-0.25, -0.2) is 12.8 Å². The van der Waals surface area contributed by atoms with E-state index in [1.54, 1.807) is 0 Å². The zero-order chi connectivity index (χ0) is 19.1. The quantitative estimate of drug-likeness (QED) is 0.780. The summed E-state index contributed by atoms with van der Waals surface area (Å²) in [6, 6.07) is 2.14. The van der Waals surface area contributed by atoms with Crippen LogP contribution in [0.3, 0.4) is 0 Å². The van der Waals surface area contributed by atoms with E-state index in [-0.39, 0.29) is 44.0 Å². The third-order valence-corrected chi connectivity index (χ3v) is 6.81. The summed E-state index contributed by atoms with van der Waals surface area (Å²) in [5.41, 5.74) is -1.03. The number of hydrogen-bond donors (Lipinski definition) is 2. The molecule has 0 aliphatic carbocycles. The molecule has 0 bridgehead atoms. The van der Waals surface area contributed by atoms with Crippen LogP contribution < -0.4 is 5.32 Å². The number of methoxy groups -OCH3 is 1. The summed E-state index contributed by atoms with van der Waals surface area (Å²) in [4.78, 5) is 22.7. The third-order valence-electron chi connectivity index (χ3n) is 4.83. The molecule has 2 heterocycles. The summed E-state index contributed by atoms with van der Waals surface area (Å²) in [7, 11) is -3.12. The Balaban J connectivity index is 2.08. The van der Waals surface area contributed by atoms with Crippen molar-refractivity contribution in [1.29, 1.82) is 0 Å². The van der Waals surface area contributed by atoms with Crippen LogP contribution >= 0.6 is 0 Å². The van der Waals surface area contributed by atoms with Crippen molar-refractivity contribution in [1.82, 2.24) is 4.31 Å². The number of sulfonamides is 1. The fourth-order valence-corrected chi connectivity index (χ4v) is 5.44. The number of carbonyl (C=O) groups excluding carboxylic acids is 1. The minimum absolute atomic E-state index is 0.0365. The molecule has 142 valence electrons. The third kappa shape index (κ3) is 2.87. The predicted molar refractivity (Wildman–Crippen MR) is 88.7 cm³/mol. The first kappa shape index (κ1) is 18.7. The molecule has 1 aromatic rings. The Bertz CT molecular complexity index is 872. The van der Waals surface area contributed by atoms with Crippen LogP contribution in [-0.2, 0) is 30.8 Å². The van der Waals surface area contributed by atoms with Crippen LogP contribution in [0.25, 0.3) is 0 Å². The van der Waals surface area contributed by atoms with E-state index in [1.807, 2.05) is 0 Å². The number of carboxylic acids is 1. The fourth-order valence-electron chi connectivity index (χ4n) is 3.56. The molecule has 0 radical (unpaired) electrons. The van der Waals surface area contributed by atoms with Gasteiger partial charge in [-0.1, -0.05) is 0 Å². The lowest BCUT2D eigenvalue weighted by molar-refractivity contribution is -0.150. The number of ether oxygens (including phenoxy) is 1. The number of anilines is 1. The summed E-state index contributed by atoms with van der Waals surface area (Å²) in [6.45, 7) is -0.366. The summed E-state index contributed by atoms with van der Waals surface area (Å²) >= 11 is 0. The van der Waals surface area contributed by atoms with E-state index >= 15 is 0 Å². The van der Waals surface area contributed by atoms with Crippen molar-refractivity contribution in [2.45, 2.75) is 36.1 Å². The van der Waals surface area contributed by atoms with Crippen LogP contribution in [0, 0.1) is 5.82 Å². The molecule has 26 heavy (non-hydrogen) atoms. The number of benzene rings is 1. The SMILES string of the molecule is COCC1(C(=O)O)CCCN1S(=O)(=O)c1cc2c(cc1F)NC(=O)CC2. The van der Waals surface area contributed by atoms with Gasteiger partial charge in [-0.05, 0) is 37.0 Å². The molecule has 2 aliphatic rings. The highest BCUT2D eigenvalue weighted by Gasteiger charge is 2.54. The van der Waals surface area contributed by atoms with Gasteiger partial charge in [0.15, 0.2) is 5.54 Å². The van der Waals surface area contributed by atoms with Gasteiger partial charge in [0.05, 0.1) is 6.61 Å². The Morgan fingerprint density at radius 3 is 2.81 bits per heavy atom. The van der Waals surface area contributed by atoms with E-state index in [1.165, 1.54) is 13.2 Å². The highest BCUT2D eigenvalue weighted by atomic mass is 32.2. The average Bonchev–Trinajstić information content (AvgIpc) is 3.00. The lowest BCUT2D eigenvalue weighted by atomic mass is 9.99. The van der Waals surface area contributed by atoms with E-state index in [4.69, 9.17) is 4.74 Å². The molecule has 1 aromatic carbocycles. The molecule has 1 fully saturated rings. The Hall–Kier alpha value is -2.04. The van der Waals surface area contributed by atoms with Gasteiger partial charge >= 0.3 is 5.97 Å². The Kier molecular flexibility index (Phi) is 4.76. The second-order valence-electron chi connectivity index (χ2n) is 6.44. The second kappa shape index (κ2) is 6.60. The Morgan fingerprint density at radius 2 is 2.15 bits per heavy atom. The summed E-state index contributed by atoms with van der Waals surface area (Å²) in [6.07, 6.45) is 0.867. The standard InChI is InChI=1S/C16H19FN2O6S/c1-25-9-16(15(21)22)5-2-6-19(16)26(23,24)13-7-10-3-4-14(20)18-12(10)8-11(13)17/h7-8H,2-6,9H2,1H3,(H,18,20)(H,21,22). The molecule has 1 unspecified atom stereocenters. The number of amides is 1. The number of nitrogens with zero attached hydrogens (tertiary/aromatic N) is 1. The maximum Gasteiger partial charge on any atom is 0.327 e. The zero-order valence-corrected chi connectivity index (χ0v) is 14.9. The summed E-state index contributed by atoms with van der Waals surface area (Å²) in [5.74, 6) is -2.63. The van der Waals surface area contributed by atoms with Crippen molar-refractivity contribution in [3.8, 4) is 0 Å². The number of nitrogens with one attached hydrogen (secondary N) is 1. The number of aryl methyl sites for hydroxylation is 1. The van der Waals surface area contributed by atoms with Gasteiger partial charge in [0, 0.05) is 25.8 Å². The maximum atomic E-state index is 14.6. The lowest BCUT2D eigenvalue weighted by Gasteiger charge is -2.33. The van der Waals surface area contributed by atoms with Crippen molar-refractivity contribution < 1.29 is 32.2 Å². The summed E-state index contributed by atoms with van der Waals surface area (Å²) in [5, 5.41) is 12.1. The first-order valence-corrected chi connectivity index (χ1v) is 9.54. The number of aliphatic carboxylic acids is 1. The highest BCUT2D eigenvalue weighted by molar-refractivity contribution is 7.89. The van der Waals surface area contributed by atoms with Crippen molar-refractivity contribution in [2.75, 3.05) is 25.6 Å². The number of halogens is 1. The van der Waals surface area contributed by atoms with E-state index in [9.17, 15) is 27.5 Å². The molecule has 1 saturated heterocycles. The van der Waals surface area contributed by atoms with Crippen LogP contribution in [0.4, 0.5) is 10.1 Å². The topological polar surface area (TPSA) is 113 Å². The highest BCUT2D eigenvalue weighted by Crippen LogP contribution is 2.37. The van der Waals surface area contributed by atoms with Crippen molar-refractivity contribution in [2.24, 2.45) is 0 Å². The molecule has 10 heteroatoms. The van der Waals surface area contributed by atoms with Gasteiger partial charge in [0.2, 0.25) is 15.9 Å². The molecule has 1 amide bonds. The number of hydrogen-bond acceptors (Lipinski definition) is 5. The summed E-state index contributed by atoms with van der Waals surface area (Å²) < 4.78 is 46.5. The van der Waals surface area contributed by atoms with E-state index < -0.39 is 32.2 Å². The van der Waals surface area contributed by atoms with Gasteiger partial charge in [-0.2, -0.15) is 4.31 Å². The average molecular weight is 386 g/mol. The second-order valence-corrected chi connectivity index (χ2v) is 8.27. The molecule has 0 spiro atoms. The molecule has 2 aliphatic heterocycles. The van der Waals surface area contributed by atoms with Crippen LogP contribution in [0.2, 0.25) is 0 Å². The lowest BCUT2D eigenvalue weighted by Crippen LogP contribution is -2.56. The minimum Gasteiger partial charge on any atom is -0.480 e. The molecule has 0 aromatic heterocycles. The zero-order valence-electron chi connectivity index (χ0n) is 14.1. The molecule has 1 atom stereocenters.